The summed E-state index contributed by atoms with van der Waals surface area (Å²) in [6.45, 7) is 6.46. The van der Waals surface area contributed by atoms with Crippen molar-refractivity contribution in [3.8, 4) is 0 Å². The summed E-state index contributed by atoms with van der Waals surface area (Å²) < 4.78 is 11.2. The van der Waals surface area contributed by atoms with Gasteiger partial charge in [0.1, 0.15) is 0 Å². The number of hydrogen-bond donors (Lipinski definition) is 0. The van der Waals surface area contributed by atoms with Crippen molar-refractivity contribution in [2.75, 3.05) is 20.3 Å². The van der Waals surface area contributed by atoms with Crippen LogP contribution in [0.3, 0.4) is 0 Å². The van der Waals surface area contributed by atoms with E-state index in [1.807, 2.05) is 7.11 Å². The van der Waals surface area contributed by atoms with Crippen molar-refractivity contribution >= 4 is 8.32 Å². The minimum absolute atomic E-state index is 0. The summed E-state index contributed by atoms with van der Waals surface area (Å²) in [5, 5.41) is 0. The van der Waals surface area contributed by atoms with Crippen molar-refractivity contribution in [2.45, 2.75) is 83.3 Å². The minimum atomic E-state index is -1.34. The van der Waals surface area contributed by atoms with Gasteiger partial charge in [0.25, 0.3) is 0 Å². The van der Waals surface area contributed by atoms with Crippen molar-refractivity contribution in [2.24, 2.45) is 5.92 Å². The quantitative estimate of drug-likeness (QED) is 0.291. The molecular weight excluding hydrogens is 344 g/mol. The van der Waals surface area contributed by atoms with Crippen molar-refractivity contribution < 1.29 is 26.2 Å². The Morgan fingerprint density at radius 2 is 1.35 bits per heavy atom. The zero-order valence-electron chi connectivity index (χ0n) is 16.4. The van der Waals surface area contributed by atoms with E-state index in [4.69, 9.17) is 9.16 Å². The molecule has 0 spiro atoms. The molecule has 2 fully saturated rings. The van der Waals surface area contributed by atoms with E-state index in [-0.39, 0.29) is 31.9 Å². The van der Waals surface area contributed by atoms with E-state index in [1.165, 1.54) is 70.3 Å². The largest absolute Gasteiger partial charge is 2.00 e. The third kappa shape index (κ3) is 15.9. The van der Waals surface area contributed by atoms with E-state index in [1.54, 1.807) is 0 Å². The van der Waals surface area contributed by atoms with E-state index in [0.717, 1.165) is 19.1 Å². The van der Waals surface area contributed by atoms with Crippen LogP contribution in [0.5, 0.6) is 0 Å². The summed E-state index contributed by atoms with van der Waals surface area (Å²) in [5.41, 5.74) is 0. The first-order chi connectivity index (χ1) is 9.64. The Morgan fingerprint density at radius 1 is 0.870 bits per heavy atom. The molecule has 2 aliphatic rings. The van der Waals surface area contributed by atoms with E-state index >= 15 is 0 Å². The second-order valence-electron chi connectivity index (χ2n) is 7.06. The molecule has 0 aromatic rings. The standard InChI is InChI=1S/C12H26O2Si.C5H10.2CH3.Fe/c1-13-15(2,3)10-6-9-14-11-12-7-4-5-8-12;1-2-4-5-3-1;;;/h12H,4-11H2,1-3H3;1-5H2;2*1H3;/q;;2*-1;+2. The van der Waals surface area contributed by atoms with E-state index in [0.29, 0.717) is 0 Å². The van der Waals surface area contributed by atoms with Crippen molar-refractivity contribution in [1.29, 1.82) is 0 Å². The summed E-state index contributed by atoms with van der Waals surface area (Å²) in [4.78, 5) is 0. The number of hydrogen-bond acceptors (Lipinski definition) is 2. The summed E-state index contributed by atoms with van der Waals surface area (Å²) in [5.74, 6) is 0.859. The van der Waals surface area contributed by atoms with E-state index < -0.39 is 8.32 Å². The Hall–Kier alpha value is 0.656. The fourth-order valence-electron chi connectivity index (χ4n) is 3.01. The van der Waals surface area contributed by atoms with Crippen LogP contribution in [-0.2, 0) is 26.2 Å². The molecule has 0 heterocycles. The van der Waals surface area contributed by atoms with Gasteiger partial charge in [-0.15, -0.1) is 0 Å². The van der Waals surface area contributed by atoms with Crippen LogP contribution < -0.4 is 0 Å². The van der Waals surface area contributed by atoms with E-state index in [9.17, 15) is 0 Å². The molecule has 0 amide bonds. The van der Waals surface area contributed by atoms with Crippen LogP contribution in [0.15, 0.2) is 0 Å². The molecule has 142 valence electrons. The molecule has 0 atom stereocenters. The van der Waals surface area contributed by atoms with Crippen molar-refractivity contribution in [3.63, 3.8) is 0 Å². The molecule has 0 bridgehead atoms. The Balaban J connectivity index is -0.000000431. The second kappa shape index (κ2) is 17.5. The number of rotatable bonds is 7. The van der Waals surface area contributed by atoms with Gasteiger partial charge in [0.15, 0.2) is 8.32 Å². The summed E-state index contributed by atoms with van der Waals surface area (Å²) in [6.07, 6.45) is 14.3. The average molecular weight is 386 g/mol. The summed E-state index contributed by atoms with van der Waals surface area (Å²) in [6, 6.07) is 1.22. The Labute approximate surface area is 159 Å². The van der Waals surface area contributed by atoms with Crippen LogP contribution in [0.1, 0.15) is 64.2 Å². The minimum Gasteiger partial charge on any atom is -0.420 e. The Morgan fingerprint density at radius 3 is 1.78 bits per heavy atom. The molecule has 0 aliphatic heterocycles. The molecule has 0 aromatic heterocycles. The Kier molecular flexibility index (Phi) is 21.6. The van der Waals surface area contributed by atoms with Crippen LogP contribution >= 0.6 is 0 Å². The molecule has 2 nitrogen and oxygen atoms in total. The topological polar surface area (TPSA) is 18.5 Å². The second-order valence-corrected chi connectivity index (χ2v) is 11.5. The fraction of sp³-hybridized carbons (Fsp3) is 0.895. The summed E-state index contributed by atoms with van der Waals surface area (Å²) >= 11 is 0. The Bertz CT molecular complexity index is 220. The van der Waals surface area contributed by atoms with Crippen LogP contribution in [-0.4, -0.2) is 28.6 Å². The molecule has 23 heavy (non-hydrogen) atoms. The molecule has 0 N–H and O–H groups in total. The van der Waals surface area contributed by atoms with Crippen molar-refractivity contribution in [1.82, 2.24) is 0 Å². The van der Waals surface area contributed by atoms with Gasteiger partial charge in [0, 0.05) is 20.3 Å². The van der Waals surface area contributed by atoms with Gasteiger partial charge in [-0.2, -0.15) is 0 Å². The maximum Gasteiger partial charge on any atom is 2.00 e. The smallest absolute Gasteiger partial charge is 0.420 e. The molecule has 0 saturated heterocycles. The molecule has 0 radical (unpaired) electrons. The first-order valence-corrected chi connectivity index (χ1v) is 11.9. The molecule has 4 heteroatoms. The van der Waals surface area contributed by atoms with Gasteiger partial charge in [-0.1, -0.05) is 44.9 Å². The zero-order valence-corrected chi connectivity index (χ0v) is 18.5. The first kappa shape index (κ1) is 28.5. The molecule has 2 saturated carbocycles. The maximum atomic E-state index is 5.72. The van der Waals surface area contributed by atoms with Gasteiger partial charge >= 0.3 is 17.1 Å². The fourth-order valence-corrected chi connectivity index (χ4v) is 4.21. The van der Waals surface area contributed by atoms with Gasteiger partial charge in [-0.05, 0) is 44.3 Å². The SMILES string of the molecule is C1CCCC1.CO[Si](C)(C)CCCOCC1CCCC1.[CH3-].[CH3-].[Fe+2]. The van der Waals surface area contributed by atoms with Crippen LogP contribution in [0.4, 0.5) is 0 Å². The van der Waals surface area contributed by atoms with E-state index in [2.05, 4.69) is 13.1 Å². The van der Waals surface area contributed by atoms with Gasteiger partial charge in [-0.3, -0.25) is 0 Å². The van der Waals surface area contributed by atoms with Gasteiger partial charge < -0.3 is 24.0 Å². The monoisotopic (exact) mass is 386 g/mol. The molecule has 2 aliphatic carbocycles. The van der Waals surface area contributed by atoms with Gasteiger partial charge in [0.05, 0.1) is 0 Å². The normalized spacial score (nSPS) is 17.3. The number of ether oxygens (including phenoxy) is 1. The molecule has 2 rings (SSSR count). The average Bonchev–Trinajstić information content (AvgIpc) is 3.14. The predicted molar refractivity (Wildman–Crippen MR) is 103 cm³/mol. The third-order valence-electron chi connectivity index (χ3n) is 4.70. The third-order valence-corrected chi connectivity index (χ3v) is 7.36. The van der Waals surface area contributed by atoms with Crippen molar-refractivity contribution in [3.05, 3.63) is 14.9 Å². The molecule has 0 unspecified atom stereocenters. The molecule has 0 aromatic carbocycles. The first-order valence-electron chi connectivity index (χ1n) is 8.77. The summed E-state index contributed by atoms with van der Waals surface area (Å²) in [7, 11) is 0.500. The van der Waals surface area contributed by atoms with Crippen LogP contribution in [0, 0.1) is 20.8 Å². The van der Waals surface area contributed by atoms with Crippen LogP contribution in [0.25, 0.3) is 0 Å². The maximum absolute atomic E-state index is 5.72. The molecular formula is C19H42FeO2Si. The van der Waals surface area contributed by atoms with Gasteiger partial charge in [-0.25, -0.2) is 0 Å². The van der Waals surface area contributed by atoms with Gasteiger partial charge in [0.2, 0.25) is 0 Å². The predicted octanol–water partition coefficient (Wildman–Crippen LogP) is 6.28. The van der Waals surface area contributed by atoms with Crippen LogP contribution in [0.2, 0.25) is 19.1 Å². The zero-order chi connectivity index (χ0) is 14.7.